The van der Waals surface area contributed by atoms with E-state index < -0.39 is 0 Å². The Morgan fingerprint density at radius 2 is 1.95 bits per heavy atom. The van der Waals surface area contributed by atoms with Crippen molar-refractivity contribution in [3.8, 4) is 5.75 Å². The van der Waals surface area contributed by atoms with Crippen molar-refractivity contribution in [3.05, 3.63) is 63.6 Å². The molecule has 116 valence electrons. The number of aromatic nitrogens is 1. The van der Waals surface area contributed by atoms with Crippen LogP contribution in [0.3, 0.4) is 0 Å². The molecule has 0 radical (unpaired) electrons. The van der Waals surface area contributed by atoms with Gasteiger partial charge < -0.3 is 14.6 Å². The third-order valence-corrected chi connectivity index (χ3v) is 3.42. The summed E-state index contributed by atoms with van der Waals surface area (Å²) in [7, 11) is 1.80. The van der Waals surface area contributed by atoms with Gasteiger partial charge >= 0.3 is 0 Å². The minimum atomic E-state index is -0.366. The van der Waals surface area contributed by atoms with Gasteiger partial charge in [-0.15, -0.1) is 0 Å². The van der Waals surface area contributed by atoms with Gasteiger partial charge in [-0.05, 0) is 31.5 Å². The van der Waals surface area contributed by atoms with Crippen LogP contribution in [0.4, 0.5) is 0 Å². The Morgan fingerprint density at radius 3 is 2.59 bits per heavy atom. The van der Waals surface area contributed by atoms with Crippen LogP contribution >= 0.6 is 0 Å². The van der Waals surface area contributed by atoms with E-state index in [1.54, 1.807) is 17.8 Å². The van der Waals surface area contributed by atoms with Gasteiger partial charge in [0.25, 0.3) is 5.91 Å². The molecule has 0 saturated carbocycles. The lowest BCUT2D eigenvalue weighted by Gasteiger charge is -2.09. The second-order valence-corrected chi connectivity index (χ2v) is 5.06. The highest BCUT2D eigenvalue weighted by Crippen LogP contribution is 2.11. The van der Waals surface area contributed by atoms with Crippen molar-refractivity contribution in [3.63, 3.8) is 0 Å². The largest absolute Gasteiger partial charge is 0.494 e. The minimum Gasteiger partial charge on any atom is -0.494 e. The van der Waals surface area contributed by atoms with E-state index in [4.69, 9.17) is 4.74 Å². The number of benzene rings is 1. The summed E-state index contributed by atoms with van der Waals surface area (Å²) < 4.78 is 7.12. The van der Waals surface area contributed by atoms with Crippen LogP contribution in [0.5, 0.6) is 5.75 Å². The molecule has 0 saturated heterocycles. The monoisotopic (exact) mass is 300 g/mol. The second-order valence-electron chi connectivity index (χ2n) is 5.06. The first-order valence-corrected chi connectivity index (χ1v) is 7.18. The van der Waals surface area contributed by atoms with E-state index in [9.17, 15) is 9.59 Å². The minimum absolute atomic E-state index is 0.152. The van der Waals surface area contributed by atoms with Gasteiger partial charge in [-0.2, -0.15) is 0 Å². The molecular formula is C17H20N2O3. The summed E-state index contributed by atoms with van der Waals surface area (Å²) in [4.78, 5) is 24.0. The van der Waals surface area contributed by atoms with Crippen LogP contribution < -0.4 is 15.5 Å². The fourth-order valence-corrected chi connectivity index (χ4v) is 2.05. The van der Waals surface area contributed by atoms with Crippen LogP contribution in [-0.4, -0.2) is 17.1 Å². The molecule has 2 aromatic rings. The van der Waals surface area contributed by atoms with Gasteiger partial charge in [-0.25, -0.2) is 0 Å². The molecule has 5 nitrogen and oxygen atoms in total. The van der Waals surface area contributed by atoms with Gasteiger partial charge in [0.15, 0.2) is 5.43 Å². The van der Waals surface area contributed by atoms with Gasteiger partial charge in [0.05, 0.1) is 6.61 Å². The van der Waals surface area contributed by atoms with Crippen LogP contribution in [0.15, 0.2) is 41.3 Å². The summed E-state index contributed by atoms with van der Waals surface area (Å²) in [6.07, 6.45) is 1.56. The predicted molar refractivity (Wildman–Crippen MR) is 85.2 cm³/mol. The molecule has 0 fully saturated rings. The number of hydrogen-bond donors (Lipinski definition) is 1. The maximum atomic E-state index is 12.1. The molecule has 0 unspecified atom stereocenters. The number of ether oxygens (including phenoxy) is 1. The summed E-state index contributed by atoms with van der Waals surface area (Å²) in [6.45, 7) is 4.73. The summed E-state index contributed by atoms with van der Waals surface area (Å²) >= 11 is 0. The van der Waals surface area contributed by atoms with E-state index in [0.29, 0.717) is 13.2 Å². The standard InChI is InChI=1S/C17H20N2O3/c1-4-22-14-7-5-13(6-8-14)10-18-17(21)15-11-19(3)12(2)9-16(15)20/h5-9,11H,4,10H2,1-3H3,(H,18,21). The number of nitrogens with zero attached hydrogens (tertiary/aromatic N) is 1. The average Bonchev–Trinajstić information content (AvgIpc) is 2.50. The molecule has 1 N–H and O–H groups in total. The normalized spacial score (nSPS) is 10.3. The maximum absolute atomic E-state index is 12.1. The molecule has 1 amide bonds. The number of nitrogens with one attached hydrogen (secondary N) is 1. The Morgan fingerprint density at radius 1 is 1.27 bits per heavy atom. The summed E-state index contributed by atoms with van der Waals surface area (Å²) in [6, 6.07) is 8.95. The number of amides is 1. The van der Waals surface area contributed by atoms with Crippen molar-refractivity contribution in [2.75, 3.05) is 6.61 Å². The Bertz CT molecular complexity index is 718. The Kier molecular flexibility index (Phi) is 4.99. The zero-order chi connectivity index (χ0) is 16.1. The lowest BCUT2D eigenvalue weighted by molar-refractivity contribution is 0.0949. The van der Waals surface area contributed by atoms with Crippen LogP contribution in [0.2, 0.25) is 0 Å². The molecule has 1 aromatic carbocycles. The van der Waals surface area contributed by atoms with Crippen molar-refractivity contribution in [1.29, 1.82) is 0 Å². The molecule has 0 spiro atoms. The van der Waals surface area contributed by atoms with Crippen molar-refractivity contribution in [2.45, 2.75) is 20.4 Å². The van der Waals surface area contributed by atoms with Crippen LogP contribution in [0.25, 0.3) is 0 Å². The van der Waals surface area contributed by atoms with Gasteiger partial charge in [-0.3, -0.25) is 9.59 Å². The highest BCUT2D eigenvalue weighted by Gasteiger charge is 2.11. The molecule has 0 atom stereocenters. The smallest absolute Gasteiger partial charge is 0.257 e. The van der Waals surface area contributed by atoms with Crippen LogP contribution in [-0.2, 0) is 13.6 Å². The summed E-state index contributed by atoms with van der Waals surface area (Å²) in [5, 5.41) is 2.76. The molecular weight excluding hydrogens is 280 g/mol. The topological polar surface area (TPSA) is 60.3 Å². The highest BCUT2D eigenvalue weighted by molar-refractivity contribution is 5.93. The van der Waals surface area contributed by atoms with Crippen molar-refractivity contribution >= 4 is 5.91 Å². The first kappa shape index (κ1) is 15.8. The van der Waals surface area contributed by atoms with E-state index in [-0.39, 0.29) is 16.9 Å². The third-order valence-electron chi connectivity index (χ3n) is 3.42. The molecule has 0 aliphatic heterocycles. The molecule has 22 heavy (non-hydrogen) atoms. The third kappa shape index (κ3) is 3.75. The van der Waals surface area contributed by atoms with E-state index in [1.807, 2.05) is 38.1 Å². The Hall–Kier alpha value is -2.56. The first-order chi connectivity index (χ1) is 10.5. The maximum Gasteiger partial charge on any atom is 0.257 e. The average molecular weight is 300 g/mol. The van der Waals surface area contributed by atoms with E-state index in [1.165, 1.54) is 6.07 Å². The predicted octanol–water partition coefficient (Wildman–Crippen LogP) is 2.02. The fourth-order valence-electron chi connectivity index (χ4n) is 2.05. The Labute approximate surface area is 129 Å². The Balaban J connectivity index is 2.04. The number of pyridine rings is 1. The summed E-state index contributed by atoms with van der Waals surface area (Å²) in [5.41, 5.74) is 1.65. The van der Waals surface area contributed by atoms with Crippen molar-refractivity contribution in [1.82, 2.24) is 9.88 Å². The molecule has 1 heterocycles. The van der Waals surface area contributed by atoms with Crippen molar-refractivity contribution < 1.29 is 9.53 Å². The van der Waals surface area contributed by atoms with Gasteiger partial charge in [-0.1, -0.05) is 12.1 Å². The molecule has 0 aliphatic carbocycles. The van der Waals surface area contributed by atoms with E-state index in [0.717, 1.165) is 17.0 Å². The van der Waals surface area contributed by atoms with E-state index >= 15 is 0 Å². The molecule has 5 heteroatoms. The number of carbonyl (C=O) groups excluding carboxylic acids is 1. The molecule has 2 rings (SSSR count). The first-order valence-electron chi connectivity index (χ1n) is 7.18. The van der Waals surface area contributed by atoms with Crippen LogP contribution in [0, 0.1) is 6.92 Å². The quantitative estimate of drug-likeness (QED) is 0.919. The zero-order valence-corrected chi connectivity index (χ0v) is 13.1. The lowest BCUT2D eigenvalue weighted by atomic mass is 10.2. The lowest BCUT2D eigenvalue weighted by Crippen LogP contribution is -2.29. The molecule has 0 bridgehead atoms. The summed E-state index contributed by atoms with van der Waals surface area (Å²) in [5.74, 6) is 0.430. The fraction of sp³-hybridized carbons (Fsp3) is 0.294. The number of hydrogen-bond acceptors (Lipinski definition) is 3. The number of carbonyl (C=O) groups is 1. The van der Waals surface area contributed by atoms with Crippen LogP contribution in [0.1, 0.15) is 28.5 Å². The highest BCUT2D eigenvalue weighted by atomic mass is 16.5. The number of aryl methyl sites for hydroxylation is 2. The molecule has 0 aliphatic rings. The second kappa shape index (κ2) is 6.93. The van der Waals surface area contributed by atoms with Gasteiger partial charge in [0.2, 0.25) is 0 Å². The van der Waals surface area contributed by atoms with Gasteiger partial charge in [0.1, 0.15) is 11.3 Å². The number of rotatable bonds is 5. The van der Waals surface area contributed by atoms with Gasteiger partial charge in [0, 0.05) is 31.5 Å². The molecule has 1 aromatic heterocycles. The van der Waals surface area contributed by atoms with Crippen molar-refractivity contribution in [2.24, 2.45) is 7.05 Å². The SMILES string of the molecule is CCOc1ccc(CNC(=O)c2cn(C)c(C)cc2=O)cc1. The zero-order valence-electron chi connectivity index (χ0n) is 13.1. The van der Waals surface area contributed by atoms with E-state index in [2.05, 4.69) is 5.32 Å².